The number of carbonyl (C=O) groups excluding carboxylic acids is 2. The maximum Gasteiger partial charge on any atom is 0.254 e. The molecule has 9 heteroatoms. The molecule has 1 aliphatic heterocycles. The van der Waals surface area contributed by atoms with E-state index in [1.807, 2.05) is 43.3 Å². The van der Waals surface area contributed by atoms with Crippen molar-refractivity contribution >= 4 is 17.6 Å². The van der Waals surface area contributed by atoms with Gasteiger partial charge in [-0.25, -0.2) is 0 Å². The Kier molecular flexibility index (Phi) is 6.91. The van der Waals surface area contributed by atoms with Gasteiger partial charge in [-0.05, 0) is 49.3 Å². The Balaban J connectivity index is 1.32. The van der Waals surface area contributed by atoms with Crippen LogP contribution in [0.5, 0.6) is 5.75 Å². The first-order chi connectivity index (χ1) is 18.3. The molecular weight excluding hydrogens is 480 g/mol. The summed E-state index contributed by atoms with van der Waals surface area (Å²) in [6, 6.07) is 16.1. The number of aromatic hydroxyl groups is 1. The summed E-state index contributed by atoms with van der Waals surface area (Å²) in [4.78, 5) is 26.7. The van der Waals surface area contributed by atoms with Crippen LogP contribution in [0, 0.1) is 24.2 Å². The van der Waals surface area contributed by atoms with Crippen LogP contribution in [-0.4, -0.2) is 44.7 Å². The second-order valence-electron chi connectivity index (χ2n) is 10.4. The van der Waals surface area contributed by atoms with E-state index in [1.54, 1.807) is 10.9 Å². The van der Waals surface area contributed by atoms with Crippen molar-refractivity contribution in [3.05, 3.63) is 65.4 Å². The number of likely N-dealkylation sites (tertiary alicyclic amines) is 1. The number of phenols is 1. The summed E-state index contributed by atoms with van der Waals surface area (Å²) in [7, 11) is 0. The van der Waals surface area contributed by atoms with E-state index >= 15 is 0 Å². The fourth-order valence-electron chi connectivity index (χ4n) is 5.22. The van der Waals surface area contributed by atoms with E-state index in [0.29, 0.717) is 38.2 Å². The molecule has 0 atom stereocenters. The summed E-state index contributed by atoms with van der Waals surface area (Å²) in [6.45, 7) is 4.02. The number of nitrogens with two attached hydrogens (primary N) is 1. The van der Waals surface area contributed by atoms with Crippen molar-refractivity contribution in [2.24, 2.45) is 11.7 Å². The molecule has 2 aromatic carbocycles. The number of rotatable bonds is 8. The number of aromatic nitrogens is 2. The molecule has 5 rings (SSSR count). The molecule has 1 aliphatic carbocycles. The van der Waals surface area contributed by atoms with Crippen LogP contribution in [0.25, 0.3) is 11.1 Å². The van der Waals surface area contributed by atoms with Gasteiger partial charge in [-0.3, -0.25) is 19.2 Å². The lowest BCUT2D eigenvalue weighted by molar-refractivity contribution is -0.117. The molecule has 38 heavy (non-hydrogen) atoms. The number of nitrogens with zero attached hydrogens (tertiary/aromatic N) is 4. The highest BCUT2D eigenvalue weighted by molar-refractivity contribution is 6.02. The number of nitriles is 1. The number of hydrogen-bond acceptors (Lipinski definition) is 6. The highest BCUT2D eigenvalue weighted by atomic mass is 16.3. The van der Waals surface area contributed by atoms with Gasteiger partial charge >= 0.3 is 0 Å². The molecule has 2 fully saturated rings. The summed E-state index contributed by atoms with van der Waals surface area (Å²) >= 11 is 0. The number of anilines is 1. The zero-order valence-electron chi connectivity index (χ0n) is 21.5. The summed E-state index contributed by atoms with van der Waals surface area (Å²) in [5.41, 5.74) is 8.83. The normalized spacial score (nSPS) is 17.1. The van der Waals surface area contributed by atoms with Gasteiger partial charge < -0.3 is 16.2 Å². The zero-order chi connectivity index (χ0) is 26.9. The number of piperidine rings is 1. The average molecular weight is 513 g/mol. The topological polar surface area (TPSA) is 137 Å². The maximum absolute atomic E-state index is 12.3. The van der Waals surface area contributed by atoms with Gasteiger partial charge in [-0.2, -0.15) is 10.4 Å². The maximum atomic E-state index is 12.3. The van der Waals surface area contributed by atoms with Gasteiger partial charge in [0.1, 0.15) is 11.3 Å². The van der Waals surface area contributed by atoms with Crippen LogP contribution in [-0.2, 0) is 16.9 Å². The van der Waals surface area contributed by atoms with E-state index in [0.717, 1.165) is 35.1 Å². The first-order valence-electron chi connectivity index (χ1n) is 13.0. The fraction of sp³-hybridized carbons (Fsp3) is 0.379. The summed E-state index contributed by atoms with van der Waals surface area (Å²) in [5.74, 6) is -0.402. The molecule has 2 aliphatic rings. The van der Waals surface area contributed by atoms with Gasteiger partial charge in [0.2, 0.25) is 5.91 Å². The van der Waals surface area contributed by atoms with E-state index in [9.17, 15) is 20.0 Å². The van der Waals surface area contributed by atoms with Gasteiger partial charge in [0.05, 0.1) is 18.0 Å². The fourth-order valence-corrected chi connectivity index (χ4v) is 5.22. The minimum absolute atomic E-state index is 0.0400. The number of phenolic OH excluding ortho intramolecular Hbond substituents is 1. The third kappa shape index (κ3) is 5.00. The molecule has 9 nitrogen and oxygen atoms in total. The Bertz CT molecular complexity index is 1400. The Morgan fingerprint density at radius 3 is 2.53 bits per heavy atom. The van der Waals surface area contributed by atoms with E-state index in [1.165, 1.54) is 0 Å². The van der Waals surface area contributed by atoms with Crippen LogP contribution in [0.3, 0.4) is 0 Å². The monoisotopic (exact) mass is 512 g/mol. The molecule has 1 aromatic heterocycles. The lowest BCUT2D eigenvalue weighted by Gasteiger charge is -2.41. The zero-order valence-corrected chi connectivity index (χ0v) is 21.5. The average Bonchev–Trinajstić information content (AvgIpc) is 3.68. The molecular formula is C29H32N6O3. The van der Waals surface area contributed by atoms with Gasteiger partial charge in [0.15, 0.2) is 5.82 Å². The van der Waals surface area contributed by atoms with Crippen molar-refractivity contribution in [3.8, 4) is 22.9 Å². The van der Waals surface area contributed by atoms with Crippen LogP contribution < -0.4 is 11.1 Å². The second-order valence-corrected chi connectivity index (χ2v) is 10.4. The number of benzene rings is 2. The Morgan fingerprint density at radius 1 is 1.18 bits per heavy atom. The van der Waals surface area contributed by atoms with Crippen LogP contribution in [0.2, 0.25) is 0 Å². The Labute approximate surface area is 221 Å². The minimum atomic E-state index is -0.666. The lowest BCUT2D eigenvalue weighted by Crippen LogP contribution is -2.46. The van der Waals surface area contributed by atoms with Crippen molar-refractivity contribution in [1.82, 2.24) is 14.7 Å². The third-order valence-electron chi connectivity index (χ3n) is 7.87. The molecule has 0 radical (unpaired) electrons. The number of primary amides is 1. The second kappa shape index (κ2) is 10.3. The van der Waals surface area contributed by atoms with E-state index < -0.39 is 11.4 Å². The van der Waals surface area contributed by atoms with Crippen LogP contribution in [0.4, 0.5) is 5.82 Å². The summed E-state index contributed by atoms with van der Waals surface area (Å²) < 4.78 is 1.67. The van der Waals surface area contributed by atoms with Crippen molar-refractivity contribution in [1.29, 1.82) is 5.26 Å². The number of carbonyl (C=O) groups is 2. The number of nitrogens with one attached hydrogen (secondary N) is 1. The summed E-state index contributed by atoms with van der Waals surface area (Å²) in [5, 5.41) is 27.9. The highest BCUT2D eigenvalue weighted by Gasteiger charge is 2.39. The van der Waals surface area contributed by atoms with Crippen LogP contribution in [0.1, 0.15) is 53.6 Å². The Hall–Kier alpha value is -4.16. The predicted molar refractivity (Wildman–Crippen MR) is 143 cm³/mol. The van der Waals surface area contributed by atoms with Crippen molar-refractivity contribution in [3.63, 3.8) is 0 Å². The molecule has 0 bridgehead atoms. The number of amides is 2. The molecule has 196 valence electrons. The largest absolute Gasteiger partial charge is 0.507 e. The molecule has 0 spiro atoms. The van der Waals surface area contributed by atoms with Crippen molar-refractivity contribution in [2.45, 2.75) is 51.1 Å². The van der Waals surface area contributed by atoms with Crippen molar-refractivity contribution in [2.75, 3.05) is 18.4 Å². The van der Waals surface area contributed by atoms with Crippen LogP contribution >= 0.6 is 0 Å². The molecule has 2 heterocycles. The molecule has 1 saturated heterocycles. The lowest BCUT2D eigenvalue weighted by atomic mass is 9.84. The van der Waals surface area contributed by atoms with Gasteiger partial charge in [-0.15, -0.1) is 0 Å². The standard InChI is InChI=1S/C29H32N6O3/c1-19-22(9-10-23(25(19)36)20-5-3-2-4-6-20)17-34-15-12-29(11-14-30,13-16-34)35-18-24(26(31)37)27(33-35)32-28(38)21-7-8-21/h2-6,9-10,18,21,36H,7-8,11-13,15-17H2,1H3,(H2,31,37)(H,32,33,38). The van der Waals surface area contributed by atoms with E-state index in [-0.39, 0.29) is 29.6 Å². The van der Waals surface area contributed by atoms with Gasteiger partial charge in [0.25, 0.3) is 5.91 Å². The summed E-state index contributed by atoms with van der Waals surface area (Å²) in [6.07, 6.45) is 4.75. The van der Waals surface area contributed by atoms with Gasteiger partial charge in [0, 0.05) is 37.3 Å². The smallest absolute Gasteiger partial charge is 0.254 e. The molecule has 1 saturated carbocycles. The molecule has 3 aromatic rings. The van der Waals surface area contributed by atoms with E-state index in [2.05, 4.69) is 27.5 Å². The SMILES string of the molecule is Cc1c(CN2CCC(CC#N)(n3cc(C(N)=O)c(NC(=O)C4CC4)n3)CC2)ccc(-c2ccccc2)c1O. The first kappa shape index (κ1) is 25.5. The molecule has 2 amide bonds. The van der Waals surface area contributed by atoms with Gasteiger partial charge in [-0.1, -0.05) is 42.5 Å². The minimum Gasteiger partial charge on any atom is -0.507 e. The number of hydrogen-bond donors (Lipinski definition) is 3. The van der Waals surface area contributed by atoms with E-state index in [4.69, 9.17) is 5.73 Å². The third-order valence-corrected chi connectivity index (χ3v) is 7.87. The van der Waals surface area contributed by atoms with Crippen LogP contribution in [0.15, 0.2) is 48.7 Å². The molecule has 4 N–H and O–H groups in total. The predicted octanol–water partition coefficient (Wildman–Crippen LogP) is 3.92. The highest BCUT2D eigenvalue weighted by Crippen LogP contribution is 2.38. The first-order valence-corrected chi connectivity index (χ1v) is 13.0. The Morgan fingerprint density at radius 2 is 1.89 bits per heavy atom. The quantitative estimate of drug-likeness (QED) is 0.418. The van der Waals surface area contributed by atoms with Crippen molar-refractivity contribution < 1.29 is 14.7 Å². The molecule has 0 unspecified atom stereocenters.